The molecule has 0 spiro atoms. The topological polar surface area (TPSA) is 15.3 Å². The monoisotopic (exact) mass is 950 g/mol. The van der Waals surface area contributed by atoms with Crippen LogP contribution in [0, 0.1) is 0 Å². The van der Waals surface area contributed by atoms with Crippen molar-refractivity contribution in [1.29, 1.82) is 0 Å². The van der Waals surface area contributed by atoms with Crippen LogP contribution >= 0.6 is 0 Å². The molecular formula is C70H54N4. The molecule has 0 aliphatic rings. The molecule has 0 radical (unpaired) electrons. The summed E-state index contributed by atoms with van der Waals surface area (Å²) in [5, 5.41) is 15.1. The van der Waals surface area contributed by atoms with Gasteiger partial charge in [-0.1, -0.05) is 163 Å². The maximum absolute atomic E-state index is 2.65. The van der Waals surface area contributed by atoms with Crippen molar-refractivity contribution in [1.82, 2.24) is 8.80 Å². The largest absolute Gasteiger partial charge is 0.308 e. The molecule has 0 bridgehead atoms. The summed E-state index contributed by atoms with van der Waals surface area (Å²) >= 11 is 0. The van der Waals surface area contributed by atoms with Crippen LogP contribution in [0.5, 0.6) is 0 Å². The van der Waals surface area contributed by atoms with E-state index in [0.29, 0.717) is 0 Å². The molecule has 4 aromatic heterocycles. The summed E-state index contributed by atoms with van der Waals surface area (Å²) < 4.78 is 5.28. The van der Waals surface area contributed by atoms with Gasteiger partial charge in [0.25, 0.3) is 0 Å². The molecule has 4 nitrogen and oxygen atoms in total. The van der Waals surface area contributed by atoms with Crippen molar-refractivity contribution in [3.05, 3.63) is 230 Å². The molecule has 0 aliphatic heterocycles. The van der Waals surface area contributed by atoms with Crippen molar-refractivity contribution in [3.63, 3.8) is 0 Å². The Morgan fingerprint density at radius 3 is 1.22 bits per heavy atom. The van der Waals surface area contributed by atoms with Gasteiger partial charge in [-0.2, -0.15) is 0 Å². The van der Waals surface area contributed by atoms with E-state index in [9.17, 15) is 0 Å². The summed E-state index contributed by atoms with van der Waals surface area (Å²) in [6, 6.07) is 81.7. The second kappa shape index (κ2) is 15.3. The predicted octanol–water partition coefficient (Wildman–Crippen LogP) is 19.8. The van der Waals surface area contributed by atoms with Crippen molar-refractivity contribution < 1.29 is 0 Å². The quantitative estimate of drug-likeness (QED) is 0.165. The summed E-state index contributed by atoms with van der Waals surface area (Å²) in [5.41, 5.74) is 16.6. The van der Waals surface area contributed by atoms with Gasteiger partial charge < -0.3 is 18.6 Å². The van der Waals surface area contributed by atoms with Gasteiger partial charge in [-0.15, -0.1) is 0 Å². The van der Waals surface area contributed by atoms with E-state index in [0.717, 1.165) is 22.7 Å². The molecule has 0 saturated heterocycles. The van der Waals surface area contributed by atoms with Gasteiger partial charge in [-0.25, -0.2) is 0 Å². The normalized spacial score (nSPS) is 12.7. The zero-order chi connectivity index (χ0) is 49.8. The summed E-state index contributed by atoms with van der Waals surface area (Å²) in [4.78, 5) is 4.98. The molecule has 354 valence electrons. The van der Waals surface area contributed by atoms with Crippen molar-refractivity contribution in [3.8, 4) is 0 Å². The second-order valence-electron chi connectivity index (χ2n) is 22.6. The first-order valence-electron chi connectivity index (χ1n) is 26.1. The van der Waals surface area contributed by atoms with E-state index in [1.807, 2.05) is 0 Å². The first-order valence-corrected chi connectivity index (χ1v) is 26.1. The van der Waals surface area contributed by atoms with E-state index < -0.39 is 0 Å². The average molecular weight is 951 g/mol. The molecule has 4 heteroatoms. The molecule has 74 heavy (non-hydrogen) atoms. The molecule has 0 saturated carbocycles. The molecule has 4 heterocycles. The first-order chi connectivity index (χ1) is 36.0. The molecule has 0 unspecified atom stereocenters. The molecular weight excluding hydrogens is 897 g/mol. The Morgan fingerprint density at radius 1 is 0.297 bits per heavy atom. The van der Waals surface area contributed by atoms with Crippen LogP contribution in [0.2, 0.25) is 0 Å². The van der Waals surface area contributed by atoms with Crippen LogP contribution in [-0.4, -0.2) is 8.80 Å². The lowest BCUT2D eigenvalue weighted by Crippen LogP contribution is -2.15. The Morgan fingerprint density at radius 2 is 0.689 bits per heavy atom. The summed E-state index contributed by atoms with van der Waals surface area (Å²) in [6.07, 6.45) is 0. The van der Waals surface area contributed by atoms with Crippen LogP contribution in [0.3, 0.4) is 0 Å². The van der Waals surface area contributed by atoms with Crippen molar-refractivity contribution in [2.24, 2.45) is 0 Å². The van der Waals surface area contributed by atoms with Crippen molar-refractivity contribution in [2.75, 3.05) is 9.80 Å². The summed E-state index contributed by atoms with van der Waals surface area (Å²) in [7, 11) is 0. The highest BCUT2D eigenvalue weighted by Crippen LogP contribution is 2.53. The molecule has 11 aromatic carbocycles. The van der Waals surface area contributed by atoms with E-state index in [4.69, 9.17) is 0 Å². The molecule has 15 rings (SSSR count). The lowest BCUT2D eigenvalue weighted by atomic mass is 9.84. The van der Waals surface area contributed by atoms with E-state index in [2.05, 4.69) is 279 Å². The third-order valence-electron chi connectivity index (χ3n) is 16.1. The maximum Gasteiger partial charge on any atom is 0.0789 e. The van der Waals surface area contributed by atoms with Gasteiger partial charge >= 0.3 is 0 Å². The third-order valence-corrected chi connectivity index (χ3v) is 16.1. The highest BCUT2D eigenvalue weighted by Gasteiger charge is 2.31. The Labute approximate surface area is 430 Å². The highest BCUT2D eigenvalue weighted by atomic mass is 15.2. The van der Waals surface area contributed by atoms with Crippen LogP contribution in [0.25, 0.3) is 97.7 Å². The van der Waals surface area contributed by atoms with Gasteiger partial charge in [0, 0.05) is 71.2 Å². The maximum atomic E-state index is 2.65. The fourth-order valence-electron chi connectivity index (χ4n) is 12.6. The number of nitrogens with zero attached hydrogens (tertiary/aromatic N) is 4. The number of hydrogen-bond donors (Lipinski definition) is 0. The van der Waals surface area contributed by atoms with Gasteiger partial charge in [-0.3, -0.25) is 0 Å². The Hall–Kier alpha value is -8.86. The molecule has 0 amide bonds. The number of anilines is 6. The van der Waals surface area contributed by atoms with Crippen LogP contribution in [0.4, 0.5) is 34.1 Å². The number of benzene rings is 11. The number of rotatable bonds is 6. The van der Waals surface area contributed by atoms with Gasteiger partial charge in [-0.05, 0) is 135 Å². The lowest BCUT2D eigenvalue weighted by Gasteiger charge is -2.29. The van der Waals surface area contributed by atoms with E-state index in [1.165, 1.54) is 120 Å². The van der Waals surface area contributed by atoms with E-state index in [-0.39, 0.29) is 10.8 Å². The fraction of sp³-hybridized carbons (Fsp3) is 0.114. The fourth-order valence-corrected chi connectivity index (χ4v) is 12.6. The van der Waals surface area contributed by atoms with Gasteiger partial charge in [0.1, 0.15) is 0 Å². The SMILES string of the molecule is CC(C)(C)c1cc(N(c2ccccc2)c2ccccc2)c2c(c1)c1cc(C(C)(C)C)cc3c4cc5c(cc4n2c31)c1cc2ccccc2c2c3cc4ccccc4c(N(c4ccccc4)c4ccccc4)c3n5c12. The zero-order valence-corrected chi connectivity index (χ0v) is 42.6. The number of aromatic nitrogens is 2. The third kappa shape index (κ3) is 6.03. The van der Waals surface area contributed by atoms with Crippen molar-refractivity contribution in [2.45, 2.75) is 52.4 Å². The zero-order valence-electron chi connectivity index (χ0n) is 42.6. The second-order valence-corrected chi connectivity index (χ2v) is 22.6. The molecule has 15 aromatic rings. The lowest BCUT2D eigenvalue weighted by molar-refractivity contribution is 0.591. The number of para-hydroxylation sites is 4. The number of hydrogen-bond acceptors (Lipinski definition) is 2. The van der Waals surface area contributed by atoms with Gasteiger partial charge in [0.2, 0.25) is 0 Å². The van der Waals surface area contributed by atoms with Gasteiger partial charge in [0.05, 0.1) is 44.5 Å². The molecule has 0 fully saturated rings. The first kappa shape index (κ1) is 42.8. The standard InChI is InChI=1S/C70H54N4/c1-69(2,3)45-37-56-54-42-61-53(41-60(54)73-64(56)57(38-45)58-39-46(70(4,5)6)40-62(65(58)73)71(47-25-11-7-12-26-47)48-27-13-8-14-28-48)55-35-43-23-19-21-33-51(43)63-59-36-44-24-20-22-34-52(44)67(68(59)74(61)66(55)63)72(49-29-15-9-16-30-49)50-31-17-10-18-32-50/h7-42H,1-6H3. The van der Waals surface area contributed by atoms with Crippen LogP contribution < -0.4 is 9.80 Å². The minimum atomic E-state index is -0.109. The van der Waals surface area contributed by atoms with E-state index >= 15 is 0 Å². The highest BCUT2D eigenvalue weighted by molar-refractivity contribution is 6.36. The molecule has 0 atom stereocenters. The van der Waals surface area contributed by atoms with E-state index in [1.54, 1.807) is 0 Å². The van der Waals surface area contributed by atoms with Crippen molar-refractivity contribution >= 4 is 132 Å². The molecule has 0 N–H and O–H groups in total. The average Bonchev–Trinajstić information content (AvgIpc) is 4.24. The number of fused-ring (bicyclic) bond motifs is 15. The van der Waals surface area contributed by atoms with Crippen LogP contribution in [0.1, 0.15) is 52.7 Å². The Bertz CT molecular complexity index is 4630. The minimum absolute atomic E-state index is 0.101. The predicted molar refractivity (Wildman–Crippen MR) is 318 cm³/mol. The van der Waals surface area contributed by atoms with Crippen LogP contribution in [0.15, 0.2) is 218 Å². The summed E-state index contributed by atoms with van der Waals surface area (Å²) in [5.74, 6) is 0. The summed E-state index contributed by atoms with van der Waals surface area (Å²) in [6.45, 7) is 14.1. The molecule has 0 aliphatic carbocycles. The van der Waals surface area contributed by atoms with Gasteiger partial charge in [0.15, 0.2) is 0 Å². The minimum Gasteiger partial charge on any atom is -0.308 e. The Balaban J connectivity index is 1.17. The van der Waals surface area contributed by atoms with Crippen LogP contribution in [-0.2, 0) is 10.8 Å². The smallest absolute Gasteiger partial charge is 0.0789 e. The Kier molecular flexibility index (Phi) is 8.87.